The van der Waals surface area contributed by atoms with Crippen molar-refractivity contribution in [2.24, 2.45) is 0 Å². The standard InChI is InChI=1S/C17H16O2/c1-2-15(13-7-4-3-5-8-13)19-17-10-6-9-16-14(17)11-12-18-16/h3-12,15H,2H2,1H3/t15-/m1/s1. The number of furan rings is 1. The molecule has 0 spiro atoms. The Morgan fingerprint density at radius 1 is 1.00 bits per heavy atom. The van der Waals surface area contributed by atoms with Gasteiger partial charge >= 0.3 is 0 Å². The summed E-state index contributed by atoms with van der Waals surface area (Å²) in [5.74, 6) is 0.877. The molecule has 0 aliphatic carbocycles. The number of hydrogen-bond donors (Lipinski definition) is 0. The van der Waals surface area contributed by atoms with Crippen LogP contribution in [0.5, 0.6) is 5.75 Å². The SMILES string of the molecule is CC[C@@H](Oc1cccc2occc12)c1ccccc1. The Morgan fingerprint density at radius 3 is 2.63 bits per heavy atom. The third-order valence-electron chi connectivity index (χ3n) is 3.27. The van der Waals surface area contributed by atoms with Crippen LogP contribution in [0, 0.1) is 0 Å². The van der Waals surface area contributed by atoms with Crippen LogP contribution >= 0.6 is 0 Å². The van der Waals surface area contributed by atoms with E-state index < -0.39 is 0 Å². The van der Waals surface area contributed by atoms with E-state index in [0.717, 1.165) is 23.1 Å². The monoisotopic (exact) mass is 252 g/mol. The molecule has 1 heterocycles. The first-order chi connectivity index (χ1) is 9.38. The minimum atomic E-state index is 0.0710. The van der Waals surface area contributed by atoms with Gasteiger partial charge in [0.25, 0.3) is 0 Å². The molecule has 0 amide bonds. The van der Waals surface area contributed by atoms with Crippen molar-refractivity contribution in [3.8, 4) is 5.75 Å². The van der Waals surface area contributed by atoms with Gasteiger partial charge in [0.15, 0.2) is 0 Å². The minimum absolute atomic E-state index is 0.0710. The van der Waals surface area contributed by atoms with Gasteiger partial charge in [0, 0.05) is 0 Å². The second-order valence-electron chi connectivity index (χ2n) is 4.51. The van der Waals surface area contributed by atoms with E-state index in [0.29, 0.717) is 0 Å². The molecule has 0 aliphatic heterocycles. The first-order valence-electron chi connectivity index (χ1n) is 6.56. The van der Waals surface area contributed by atoms with Crippen molar-refractivity contribution in [3.05, 3.63) is 66.4 Å². The second-order valence-corrected chi connectivity index (χ2v) is 4.51. The fraction of sp³-hybridized carbons (Fsp3) is 0.176. The van der Waals surface area contributed by atoms with E-state index in [9.17, 15) is 0 Å². The van der Waals surface area contributed by atoms with Crippen LogP contribution in [0.3, 0.4) is 0 Å². The quantitative estimate of drug-likeness (QED) is 0.654. The topological polar surface area (TPSA) is 22.4 Å². The summed E-state index contributed by atoms with van der Waals surface area (Å²) in [6.07, 6.45) is 2.70. The lowest BCUT2D eigenvalue weighted by Crippen LogP contribution is -2.06. The maximum atomic E-state index is 6.16. The van der Waals surface area contributed by atoms with E-state index in [1.165, 1.54) is 5.56 Å². The lowest BCUT2D eigenvalue weighted by molar-refractivity contribution is 0.204. The Morgan fingerprint density at radius 2 is 1.84 bits per heavy atom. The normalized spacial score (nSPS) is 12.5. The highest BCUT2D eigenvalue weighted by molar-refractivity contribution is 5.83. The molecular formula is C17H16O2. The highest BCUT2D eigenvalue weighted by Crippen LogP contribution is 2.31. The third kappa shape index (κ3) is 2.34. The lowest BCUT2D eigenvalue weighted by Gasteiger charge is -2.18. The highest BCUT2D eigenvalue weighted by Gasteiger charge is 2.13. The van der Waals surface area contributed by atoms with Crippen LogP contribution in [-0.2, 0) is 0 Å². The van der Waals surface area contributed by atoms with Gasteiger partial charge in [-0.05, 0) is 30.2 Å². The lowest BCUT2D eigenvalue weighted by atomic mass is 10.1. The van der Waals surface area contributed by atoms with Crippen molar-refractivity contribution < 1.29 is 9.15 Å². The largest absolute Gasteiger partial charge is 0.485 e. The summed E-state index contributed by atoms with van der Waals surface area (Å²) < 4.78 is 11.6. The molecule has 3 aromatic rings. The fourth-order valence-electron chi connectivity index (χ4n) is 2.28. The van der Waals surface area contributed by atoms with Gasteiger partial charge in [-0.3, -0.25) is 0 Å². The summed E-state index contributed by atoms with van der Waals surface area (Å²) in [5.41, 5.74) is 2.06. The molecule has 0 bridgehead atoms. The van der Waals surface area contributed by atoms with Gasteiger partial charge in [-0.15, -0.1) is 0 Å². The van der Waals surface area contributed by atoms with Crippen molar-refractivity contribution in [1.82, 2.24) is 0 Å². The third-order valence-corrected chi connectivity index (χ3v) is 3.27. The average Bonchev–Trinajstić information content (AvgIpc) is 2.95. The highest BCUT2D eigenvalue weighted by atomic mass is 16.5. The zero-order valence-electron chi connectivity index (χ0n) is 10.9. The molecule has 3 rings (SSSR count). The second kappa shape index (κ2) is 5.19. The molecule has 1 aromatic heterocycles. The molecule has 0 N–H and O–H groups in total. The molecule has 0 fully saturated rings. The molecule has 0 unspecified atom stereocenters. The van der Waals surface area contributed by atoms with E-state index in [4.69, 9.17) is 9.15 Å². The smallest absolute Gasteiger partial charge is 0.137 e. The van der Waals surface area contributed by atoms with Gasteiger partial charge in [-0.25, -0.2) is 0 Å². The Kier molecular flexibility index (Phi) is 3.23. The van der Waals surface area contributed by atoms with E-state index in [1.54, 1.807) is 6.26 Å². The molecule has 0 saturated carbocycles. The summed E-state index contributed by atoms with van der Waals surface area (Å²) >= 11 is 0. The molecule has 0 radical (unpaired) electrons. The van der Waals surface area contributed by atoms with Crippen LogP contribution in [0.15, 0.2) is 65.3 Å². The summed E-state index contributed by atoms with van der Waals surface area (Å²) in [6.45, 7) is 2.13. The van der Waals surface area contributed by atoms with Crippen molar-refractivity contribution in [2.45, 2.75) is 19.4 Å². The molecule has 19 heavy (non-hydrogen) atoms. The minimum Gasteiger partial charge on any atom is -0.485 e. The summed E-state index contributed by atoms with van der Waals surface area (Å²) in [6, 6.07) is 18.1. The predicted octanol–water partition coefficient (Wildman–Crippen LogP) is 4.96. The summed E-state index contributed by atoms with van der Waals surface area (Å²) in [5, 5.41) is 1.02. The first-order valence-corrected chi connectivity index (χ1v) is 6.56. The van der Waals surface area contributed by atoms with E-state index in [-0.39, 0.29) is 6.10 Å². The molecule has 2 aromatic carbocycles. The van der Waals surface area contributed by atoms with Crippen molar-refractivity contribution >= 4 is 11.0 Å². The van der Waals surface area contributed by atoms with Crippen LogP contribution in [0.25, 0.3) is 11.0 Å². The van der Waals surface area contributed by atoms with Crippen LogP contribution in [0.1, 0.15) is 25.0 Å². The average molecular weight is 252 g/mol. The van der Waals surface area contributed by atoms with Crippen molar-refractivity contribution in [2.75, 3.05) is 0 Å². The van der Waals surface area contributed by atoms with Gasteiger partial charge in [0.2, 0.25) is 0 Å². The van der Waals surface area contributed by atoms with E-state index >= 15 is 0 Å². The number of hydrogen-bond acceptors (Lipinski definition) is 2. The van der Waals surface area contributed by atoms with Gasteiger partial charge in [-0.1, -0.05) is 43.3 Å². The molecule has 96 valence electrons. The molecule has 0 saturated heterocycles. The van der Waals surface area contributed by atoms with Gasteiger partial charge in [-0.2, -0.15) is 0 Å². The van der Waals surface area contributed by atoms with Crippen LogP contribution in [-0.4, -0.2) is 0 Å². The Labute approximate surface area is 112 Å². The Hall–Kier alpha value is -2.22. The predicted molar refractivity (Wildman–Crippen MR) is 76.3 cm³/mol. The van der Waals surface area contributed by atoms with E-state index in [2.05, 4.69) is 19.1 Å². The maximum absolute atomic E-state index is 6.16. The van der Waals surface area contributed by atoms with Crippen LogP contribution in [0.4, 0.5) is 0 Å². The number of ether oxygens (including phenoxy) is 1. The fourth-order valence-corrected chi connectivity index (χ4v) is 2.28. The van der Waals surface area contributed by atoms with Gasteiger partial charge < -0.3 is 9.15 Å². The van der Waals surface area contributed by atoms with Crippen molar-refractivity contribution in [3.63, 3.8) is 0 Å². The van der Waals surface area contributed by atoms with E-state index in [1.807, 2.05) is 42.5 Å². The zero-order valence-corrected chi connectivity index (χ0v) is 10.9. The molecular weight excluding hydrogens is 236 g/mol. The molecule has 0 aliphatic rings. The van der Waals surface area contributed by atoms with Crippen LogP contribution in [0.2, 0.25) is 0 Å². The molecule has 2 nitrogen and oxygen atoms in total. The van der Waals surface area contributed by atoms with Gasteiger partial charge in [0.1, 0.15) is 17.4 Å². The number of fused-ring (bicyclic) bond motifs is 1. The molecule has 1 atom stereocenters. The maximum Gasteiger partial charge on any atom is 0.137 e. The molecule has 2 heteroatoms. The van der Waals surface area contributed by atoms with Crippen molar-refractivity contribution in [1.29, 1.82) is 0 Å². The number of rotatable bonds is 4. The van der Waals surface area contributed by atoms with Gasteiger partial charge in [0.05, 0.1) is 11.6 Å². The number of benzene rings is 2. The zero-order chi connectivity index (χ0) is 13.1. The Bertz CT molecular complexity index is 655. The first kappa shape index (κ1) is 11.8. The summed E-state index contributed by atoms with van der Waals surface area (Å²) in [7, 11) is 0. The summed E-state index contributed by atoms with van der Waals surface area (Å²) in [4.78, 5) is 0. The van der Waals surface area contributed by atoms with Crippen LogP contribution < -0.4 is 4.74 Å². The Balaban J connectivity index is 1.93.